The zero-order valence-electron chi connectivity index (χ0n) is 24.8. The molecule has 3 rings (SSSR count). The zero-order valence-corrected chi connectivity index (χ0v) is 26.4. The fourth-order valence-electron chi connectivity index (χ4n) is 6.02. The molecule has 5 atom stereocenters. The standard InChI is InChI=1S/C30H45Cl2N5O5/c1-6-8-15-20(24(38)26(40)33-16-9-7-2)34-25(39)23-21-19(30(21,31)32)17-37(23)27(41)22(18-13-11-10-12-14-18)35-28(42)36-29(3,4)5/h6-7,18-23H,1-2,8-17H2,3-5H3,(H,33,40)(H,34,39)(H2,35,36,42)/t19-,20?,21-,22-,23-/m0/s1. The number of piperidine rings is 1. The summed E-state index contributed by atoms with van der Waals surface area (Å²) in [6.07, 6.45) is 8.74. The van der Waals surface area contributed by atoms with Crippen molar-refractivity contribution in [3.8, 4) is 0 Å². The Labute approximate surface area is 258 Å². The summed E-state index contributed by atoms with van der Waals surface area (Å²) >= 11 is 13.0. The Hall–Kier alpha value is -2.59. The predicted octanol–water partition coefficient (Wildman–Crippen LogP) is 3.38. The van der Waals surface area contributed by atoms with Crippen LogP contribution in [0.4, 0.5) is 4.79 Å². The van der Waals surface area contributed by atoms with E-state index in [-0.39, 0.29) is 37.3 Å². The molecule has 0 bridgehead atoms. The number of likely N-dealkylation sites (tertiary alicyclic amines) is 1. The molecule has 1 heterocycles. The van der Waals surface area contributed by atoms with E-state index in [2.05, 4.69) is 34.4 Å². The van der Waals surface area contributed by atoms with Crippen LogP contribution in [-0.4, -0.2) is 75.5 Å². The Morgan fingerprint density at radius 1 is 1.00 bits per heavy atom. The van der Waals surface area contributed by atoms with Gasteiger partial charge in [-0.2, -0.15) is 0 Å². The molecule has 10 nitrogen and oxygen atoms in total. The fourth-order valence-corrected chi connectivity index (χ4v) is 6.85. The second-order valence-corrected chi connectivity index (χ2v) is 14.0. The molecule has 3 fully saturated rings. The van der Waals surface area contributed by atoms with Crippen LogP contribution in [0.15, 0.2) is 25.3 Å². The first kappa shape index (κ1) is 33.9. The van der Waals surface area contributed by atoms with Gasteiger partial charge >= 0.3 is 6.03 Å². The van der Waals surface area contributed by atoms with E-state index in [0.29, 0.717) is 12.8 Å². The minimum absolute atomic E-state index is 0.0875. The Morgan fingerprint density at radius 2 is 1.64 bits per heavy atom. The number of nitrogens with one attached hydrogen (secondary N) is 4. The molecule has 42 heavy (non-hydrogen) atoms. The SMILES string of the molecule is C=CCCNC(=O)C(=O)C(CCC=C)NC(=O)[C@@H]1[C@@H]2[C@H](CN1C(=O)[C@@H](NC(=O)NC(C)(C)C)C1CCCCC1)C2(Cl)Cl. The van der Waals surface area contributed by atoms with Crippen molar-refractivity contribution < 1.29 is 24.0 Å². The lowest BCUT2D eigenvalue weighted by molar-refractivity contribution is -0.144. The number of allylic oxidation sites excluding steroid dienone is 1. The smallest absolute Gasteiger partial charge is 0.315 e. The third-order valence-electron chi connectivity index (χ3n) is 8.20. The highest BCUT2D eigenvalue weighted by molar-refractivity contribution is 6.51. The van der Waals surface area contributed by atoms with Gasteiger partial charge in [0, 0.05) is 30.5 Å². The van der Waals surface area contributed by atoms with Crippen LogP contribution >= 0.6 is 23.2 Å². The molecule has 1 aliphatic heterocycles. The molecule has 12 heteroatoms. The van der Waals surface area contributed by atoms with Gasteiger partial charge in [0.1, 0.15) is 16.4 Å². The molecular formula is C30H45Cl2N5O5. The molecule has 3 aliphatic rings. The third kappa shape index (κ3) is 8.28. The van der Waals surface area contributed by atoms with E-state index in [0.717, 1.165) is 32.1 Å². The molecule has 2 aliphatic carbocycles. The third-order valence-corrected chi connectivity index (χ3v) is 9.26. The van der Waals surface area contributed by atoms with E-state index in [1.807, 2.05) is 20.8 Å². The summed E-state index contributed by atoms with van der Waals surface area (Å²) in [6.45, 7) is 13.2. The van der Waals surface area contributed by atoms with Crippen LogP contribution < -0.4 is 21.3 Å². The maximum Gasteiger partial charge on any atom is 0.315 e. The lowest BCUT2D eigenvalue weighted by atomic mass is 9.83. The number of nitrogens with zero attached hydrogens (tertiary/aromatic N) is 1. The fraction of sp³-hybridized carbons (Fsp3) is 0.700. The summed E-state index contributed by atoms with van der Waals surface area (Å²) in [6, 6.07) is -3.48. The average Bonchev–Trinajstić information content (AvgIpc) is 3.24. The number of carbonyl (C=O) groups excluding carboxylic acids is 5. The quantitative estimate of drug-likeness (QED) is 0.108. The first-order valence-corrected chi connectivity index (χ1v) is 15.6. The van der Waals surface area contributed by atoms with E-state index in [4.69, 9.17) is 23.2 Å². The molecule has 234 valence electrons. The number of Topliss-reactive ketones (excluding diaryl/α,β-unsaturated/α-hetero) is 1. The predicted molar refractivity (Wildman–Crippen MR) is 163 cm³/mol. The summed E-state index contributed by atoms with van der Waals surface area (Å²) < 4.78 is -1.20. The lowest BCUT2D eigenvalue weighted by Crippen LogP contribution is -2.61. The minimum atomic E-state index is -1.20. The number of carbonyl (C=O) groups is 5. The van der Waals surface area contributed by atoms with Gasteiger partial charge in [-0.1, -0.05) is 31.4 Å². The molecule has 0 radical (unpaired) electrons. The van der Waals surface area contributed by atoms with Crippen molar-refractivity contribution in [1.82, 2.24) is 26.2 Å². The molecule has 0 spiro atoms. The van der Waals surface area contributed by atoms with Gasteiger partial charge in [0.15, 0.2) is 0 Å². The highest BCUT2D eigenvalue weighted by Gasteiger charge is 2.74. The zero-order chi connectivity index (χ0) is 31.2. The second kappa shape index (κ2) is 14.3. The van der Waals surface area contributed by atoms with Crippen LogP contribution in [0.25, 0.3) is 0 Å². The highest BCUT2D eigenvalue weighted by atomic mass is 35.5. The van der Waals surface area contributed by atoms with Gasteiger partial charge in [-0.15, -0.1) is 36.4 Å². The van der Waals surface area contributed by atoms with E-state index in [1.165, 1.54) is 4.90 Å². The van der Waals surface area contributed by atoms with Gasteiger partial charge in [0.05, 0.1) is 6.04 Å². The van der Waals surface area contributed by atoms with Crippen molar-refractivity contribution in [2.75, 3.05) is 13.1 Å². The van der Waals surface area contributed by atoms with Gasteiger partial charge in [0.25, 0.3) is 5.91 Å². The summed E-state index contributed by atoms with van der Waals surface area (Å²) in [5, 5.41) is 11.0. The number of alkyl halides is 2. The summed E-state index contributed by atoms with van der Waals surface area (Å²) in [7, 11) is 0. The van der Waals surface area contributed by atoms with Crippen LogP contribution in [0.1, 0.15) is 72.1 Å². The maximum atomic E-state index is 14.1. The number of amides is 5. The van der Waals surface area contributed by atoms with E-state index in [1.54, 1.807) is 12.2 Å². The van der Waals surface area contributed by atoms with Gasteiger partial charge in [-0.25, -0.2) is 4.79 Å². The molecule has 0 aromatic carbocycles. The van der Waals surface area contributed by atoms with Crippen LogP contribution in [0.5, 0.6) is 0 Å². The van der Waals surface area contributed by atoms with Crippen molar-refractivity contribution in [2.24, 2.45) is 17.8 Å². The van der Waals surface area contributed by atoms with Crippen molar-refractivity contribution in [3.05, 3.63) is 25.3 Å². The van der Waals surface area contributed by atoms with Crippen LogP contribution in [0.3, 0.4) is 0 Å². The number of ketones is 1. The van der Waals surface area contributed by atoms with Crippen LogP contribution in [0.2, 0.25) is 0 Å². The first-order chi connectivity index (χ1) is 19.7. The van der Waals surface area contributed by atoms with Crippen molar-refractivity contribution in [3.63, 3.8) is 0 Å². The van der Waals surface area contributed by atoms with Gasteiger partial charge in [-0.05, 0) is 58.8 Å². The van der Waals surface area contributed by atoms with Crippen LogP contribution in [0, 0.1) is 17.8 Å². The Kier molecular flexibility index (Phi) is 11.5. The normalized spacial score (nSPS) is 24.4. The largest absolute Gasteiger partial charge is 0.349 e. The highest BCUT2D eigenvalue weighted by Crippen LogP contribution is 2.65. The van der Waals surface area contributed by atoms with Crippen LogP contribution in [-0.2, 0) is 19.2 Å². The maximum absolute atomic E-state index is 14.1. The molecule has 1 unspecified atom stereocenters. The second-order valence-electron chi connectivity index (χ2n) is 12.6. The van der Waals surface area contributed by atoms with E-state index < -0.39 is 57.5 Å². The summed E-state index contributed by atoms with van der Waals surface area (Å²) in [5.41, 5.74) is -0.510. The number of halogens is 2. The Bertz CT molecular complexity index is 1070. The van der Waals surface area contributed by atoms with Gasteiger partial charge in [0.2, 0.25) is 17.6 Å². The number of rotatable bonds is 13. The monoisotopic (exact) mass is 625 g/mol. The summed E-state index contributed by atoms with van der Waals surface area (Å²) in [4.78, 5) is 67.8. The van der Waals surface area contributed by atoms with E-state index >= 15 is 0 Å². The number of urea groups is 1. The first-order valence-electron chi connectivity index (χ1n) is 14.8. The number of fused-ring (bicyclic) bond motifs is 1. The molecular weight excluding hydrogens is 581 g/mol. The minimum Gasteiger partial charge on any atom is -0.349 e. The van der Waals surface area contributed by atoms with Gasteiger partial charge < -0.3 is 26.2 Å². The molecule has 0 aromatic rings. The average molecular weight is 627 g/mol. The van der Waals surface area contributed by atoms with Gasteiger partial charge in [-0.3, -0.25) is 19.2 Å². The summed E-state index contributed by atoms with van der Waals surface area (Å²) in [5.74, 6) is -3.56. The topological polar surface area (TPSA) is 137 Å². The van der Waals surface area contributed by atoms with Crippen molar-refractivity contribution >= 4 is 52.7 Å². The molecule has 4 N–H and O–H groups in total. The molecule has 0 aromatic heterocycles. The Balaban J connectivity index is 1.83. The Morgan fingerprint density at radius 3 is 2.24 bits per heavy atom. The lowest BCUT2D eigenvalue weighted by Gasteiger charge is -2.37. The number of hydrogen-bond acceptors (Lipinski definition) is 5. The molecule has 5 amide bonds. The van der Waals surface area contributed by atoms with E-state index in [9.17, 15) is 24.0 Å². The number of hydrogen-bond donors (Lipinski definition) is 4. The van der Waals surface area contributed by atoms with Crippen molar-refractivity contribution in [2.45, 2.75) is 100 Å². The molecule has 1 saturated heterocycles. The van der Waals surface area contributed by atoms with Crippen molar-refractivity contribution in [1.29, 1.82) is 0 Å². The molecule has 2 saturated carbocycles.